The number of unbranched alkanes of at least 4 members (excludes halogenated alkanes) is 2. The molecule has 4 rings (SSSR count). The Morgan fingerprint density at radius 3 is 1.43 bits per heavy atom. The van der Waals surface area contributed by atoms with Crippen LogP contribution in [0.4, 0.5) is 0 Å². The number of hydrogen-bond donors (Lipinski definition) is 26. The predicted octanol–water partition coefficient (Wildman–Crippen LogP) is -5.89. The van der Waals surface area contributed by atoms with Crippen LogP contribution >= 0.6 is 0 Å². The van der Waals surface area contributed by atoms with Crippen LogP contribution in [0.25, 0.3) is 0 Å². The van der Waals surface area contributed by atoms with E-state index in [0.29, 0.717) is 48.9 Å². The molecule has 0 aliphatic carbocycles. The molecule has 3 aromatic rings. The minimum atomic E-state index is -1.77. The summed E-state index contributed by atoms with van der Waals surface area (Å²) in [5.41, 5.74) is 12.4. The fraction of sp³-hybridized carbons (Fsp3) is 0.557. The Bertz CT molecular complexity index is 4530. The van der Waals surface area contributed by atoms with E-state index in [2.05, 4.69) is 106 Å². The Balaban J connectivity index is 1.55. The molecule has 46 nitrogen and oxygen atoms in total. The molecule has 19 amide bonds. The van der Waals surface area contributed by atoms with Crippen LogP contribution in [0.15, 0.2) is 78.9 Å². The highest BCUT2D eigenvalue weighted by molar-refractivity contribution is 6.01. The first-order valence-electron chi connectivity index (χ1n) is 44.5. The van der Waals surface area contributed by atoms with Gasteiger partial charge in [-0.25, -0.2) is 0 Å². The van der Waals surface area contributed by atoms with E-state index in [0.717, 1.165) is 0 Å². The maximum Gasteiger partial charge on any atom is 0.322 e. The van der Waals surface area contributed by atoms with Crippen LogP contribution in [0.2, 0.25) is 0 Å². The SMILES string of the molecule is CCC(C)[C@@H]1NC(=O)C([C@H](C)CC)NC(=O)C(CCCCCN)NC(=O)CNC(=O)[C@H](C(C)C)NC(=O)CNC(=O)CNC(=O)CC[C@@H](C(=O)N[C@@H](Cc2ccc(O)cc2)C(=O)N[C@@H](Cc2ccccc2)C(=O)N[C@H](C(=O)NCC(=O)NCC(=O)NCC(=O)N[C@H](C(=O)NCC(=O)N[C@@H](CCNC(=N)N)C(=O)N[C@@H](Cc2ccc(O)cc2)C(=O)NCC(=O)O)C(C)C)[C@H](C)CC)NC1=O. The summed E-state index contributed by atoms with van der Waals surface area (Å²) in [5.74, 6) is -22.5. The Morgan fingerprint density at radius 1 is 0.433 bits per heavy atom. The van der Waals surface area contributed by atoms with Crippen molar-refractivity contribution >= 4 is 124 Å². The van der Waals surface area contributed by atoms with E-state index in [1.807, 2.05) is 0 Å². The van der Waals surface area contributed by atoms with Crippen molar-refractivity contribution in [3.05, 3.63) is 95.6 Å². The van der Waals surface area contributed by atoms with Crippen LogP contribution in [0.1, 0.15) is 150 Å². The molecule has 1 aliphatic rings. The first-order chi connectivity index (χ1) is 63.4. The lowest BCUT2D eigenvalue weighted by Gasteiger charge is -2.31. The van der Waals surface area contributed by atoms with E-state index >= 15 is 14.4 Å². The molecule has 3 aromatic carbocycles. The van der Waals surface area contributed by atoms with Crippen molar-refractivity contribution in [2.75, 3.05) is 65.4 Å². The zero-order valence-electron chi connectivity index (χ0n) is 77.2. The second-order valence-electron chi connectivity index (χ2n) is 33.3. The van der Waals surface area contributed by atoms with E-state index < -0.39 is 285 Å². The molecule has 14 atom stereocenters. The summed E-state index contributed by atoms with van der Waals surface area (Å²) in [6.07, 6.45) is 0.128. The molecule has 3 unspecified atom stereocenters. The topological polar surface area (TPSA) is 719 Å². The van der Waals surface area contributed by atoms with Gasteiger partial charge in [-0.1, -0.05) is 156 Å². The van der Waals surface area contributed by atoms with Gasteiger partial charge in [0, 0.05) is 32.2 Å². The number of hydrogen-bond acceptors (Lipinski definition) is 24. The molecule has 0 radical (unpaired) electrons. The number of carboxylic acids is 1. The highest BCUT2D eigenvalue weighted by Crippen LogP contribution is 2.19. The van der Waals surface area contributed by atoms with Gasteiger partial charge >= 0.3 is 5.97 Å². The van der Waals surface area contributed by atoms with Crippen molar-refractivity contribution in [1.29, 1.82) is 5.41 Å². The van der Waals surface area contributed by atoms with Crippen molar-refractivity contribution in [2.45, 2.75) is 219 Å². The van der Waals surface area contributed by atoms with Crippen LogP contribution in [0, 0.1) is 35.0 Å². The molecule has 0 spiro atoms. The van der Waals surface area contributed by atoms with Crippen LogP contribution in [0.5, 0.6) is 11.5 Å². The second kappa shape index (κ2) is 58.6. The third kappa shape index (κ3) is 41.6. The van der Waals surface area contributed by atoms with Gasteiger partial charge in [-0.2, -0.15) is 0 Å². The van der Waals surface area contributed by atoms with E-state index in [9.17, 15) is 96.8 Å². The molecule has 738 valence electrons. The Hall–Kier alpha value is -14.1. The molecule has 0 saturated carbocycles. The number of carbonyl (C=O) groups is 20. The Kier molecular flexibility index (Phi) is 49.1. The average molecular weight is 1880 g/mol. The van der Waals surface area contributed by atoms with Gasteiger partial charge in [0.05, 0.1) is 45.8 Å². The van der Waals surface area contributed by atoms with Crippen molar-refractivity contribution in [2.24, 2.45) is 41.1 Å². The summed E-state index contributed by atoms with van der Waals surface area (Å²) in [6.45, 7) is 10.7. The van der Waals surface area contributed by atoms with E-state index in [1.54, 1.807) is 99.6 Å². The van der Waals surface area contributed by atoms with E-state index in [4.69, 9.17) is 16.9 Å². The number of carbonyl (C=O) groups excluding carboxylic acids is 19. The Labute approximate surface area is 776 Å². The second-order valence-corrected chi connectivity index (χ2v) is 33.3. The average Bonchev–Trinajstić information content (AvgIpc) is 0.832. The fourth-order valence-electron chi connectivity index (χ4n) is 13.4. The van der Waals surface area contributed by atoms with Crippen molar-refractivity contribution < 1.29 is 111 Å². The molecule has 1 saturated heterocycles. The number of carboxylic acid groups (broad SMARTS) is 1. The number of nitrogens with two attached hydrogens (primary N) is 2. The zero-order chi connectivity index (χ0) is 99.8. The first kappa shape index (κ1) is 112. The third-order valence-corrected chi connectivity index (χ3v) is 21.9. The molecule has 0 bridgehead atoms. The van der Waals surface area contributed by atoms with Crippen molar-refractivity contribution in [3.8, 4) is 11.5 Å². The third-order valence-electron chi connectivity index (χ3n) is 21.9. The monoisotopic (exact) mass is 1880 g/mol. The molecular formula is C88H133N23O23. The van der Waals surface area contributed by atoms with Gasteiger partial charge in [0.25, 0.3) is 0 Å². The summed E-state index contributed by atoms with van der Waals surface area (Å²) < 4.78 is 0. The number of rotatable bonds is 45. The smallest absolute Gasteiger partial charge is 0.322 e. The van der Waals surface area contributed by atoms with E-state index in [1.165, 1.54) is 48.5 Å². The summed E-state index contributed by atoms with van der Waals surface area (Å²) in [5, 5.41) is 86.7. The molecule has 1 aliphatic heterocycles. The molecule has 46 heteroatoms. The van der Waals surface area contributed by atoms with Crippen molar-refractivity contribution in [3.63, 3.8) is 0 Å². The maximum atomic E-state index is 15.2. The van der Waals surface area contributed by atoms with Gasteiger partial charge in [0.15, 0.2) is 5.96 Å². The lowest BCUT2D eigenvalue weighted by molar-refractivity contribution is -0.138. The van der Waals surface area contributed by atoms with Gasteiger partial charge in [0.2, 0.25) is 112 Å². The van der Waals surface area contributed by atoms with Crippen LogP contribution in [-0.2, 0) is 115 Å². The summed E-state index contributed by atoms with van der Waals surface area (Å²) >= 11 is 0. The number of phenols is 2. The number of aromatic hydroxyl groups is 2. The molecule has 0 aromatic heterocycles. The number of benzene rings is 3. The van der Waals surface area contributed by atoms with Gasteiger partial charge in [-0.05, 0) is 103 Å². The summed E-state index contributed by atoms with van der Waals surface area (Å²) in [7, 11) is 0. The van der Waals surface area contributed by atoms with Crippen LogP contribution < -0.4 is 118 Å². The zero-order valence-corrected chi connectivity index (χ0v) is 77.2. The standard InChI is InChI=1S/C88H133N23O23/c1-11-49(8)74(85(132)97-41-66(117)94-40-65(116)96-43-70(121)108-73(48(6)7)84(131)99-45-68(119)102-59(33-35-92-88(90)91)79(126)104-60(77(124)100-46-71(122)123)37-53-23-27-55(112)28-24-53)109-82(129)62(36-52-20-16-14-17-21-52)106-81(128)61(38-54-25-29-56(113)30-26-54)105-78(125)58-31-32-63(114)93-39-64(115)95-42-69(120)107-72(47(4)5)83(130)98-44-67(118)101-57(22-18-15-19-34-89)80(127)110-76(51(10)13-3)87(134)111-75(50(9)12-2)86(133)103-58/h14,16-17,20-21,23-30,47-51,57-62,72-76,112-113H,11-13,15,18-19,22,31-46,89H2,1-10H3,(H,93,114)(H,94,117)(H,95,115)(H,96,116)(H,97,132)(H,98,130)(H,99,131)(H,100,124)(H,101,118)(H,102,119)(H,103,133)(H,104,126)(H,105,125)(H,106,128)(H,107,120)(H,108,121)(H,109,129)(H,110,127)(H,111,134)(H,122,123)(H4,90,91,92)/t49-,50?,51-,57?,58+,59+,60+,61+,62+,72+,73+,74+,75+,76?/m1/s1. The van der Waals surface area contributed by atoms with Crippen LogP contribution in [-0.4, -0.2) is 271 Å². The molecular weight excluding hydrogens is 1750 g/mol. The predicted molar refractivity (Wildman–Crippen MR) is 486 cm³/mol. The first-order valence-corrected chi connectivity index (χ1v) is 44.5. The van der Waals surface area contributed by atoms with Gasteiger partial charge in [-0.3, -0.25) is 101 Å². The lowest BCUT2D eigenvalue weighted by Crippen LogP contribution is -2.62. The largest absolute Gasteiger partial charge is 0.508 e. The molecule has 1 heterocycles. The number of amides is 19. The fourth-order valence-corrected chi connectivity index (χ4v) is 13.4. The highest BCUT2D eigenvalue weighted by atomic mass is 16.4. The highest BCUT2D eigenvalue weighted by Gasteiger charge is 2.40. The molecule has 28 N–H and O–H groups in total. The number of aliphatic carboxylic acids is 1. The minimum Gasteiger partial charge on any atom is -0.508 e. The lowest BCUT2D eigenvalue weighted by atomic mass is 9.94. The van der Waals surface area contributed by atoms with Crippen LogP contribution in [0.3, 0.4) is 0 Å². The number of nitrogens with one attached hydrogen (secondary N) is 21. The summed E-state index contributed by atoms with van der Waals surface area (Å²) in [4.78, 5) is 275. The molecule has 134 heavy (non-hydrogen) atoms. The quantitative estimate of drug-likeness (QED) is 0.0142. The summed E-state index contributed by atoms with van der Waals surface area (Å²) in [6, 6.07) is 3.29. The molecule has 1 fully saturated rings. The number of guanidine groups is 1. The van der Waals surface area contributed by atoms with Crippen molar-refractivity contribution in [1.82, 2.24) is 106 Å². The maximum absolute atomic E-state index is 15.2. The normalized spacial score (nSPS) is 18.2. The van der Waals surface area contributed by atoms with Gasteiger partial charge in [-0.15, -0.1) is 0 Å². The minimum absolute atomic E-state index is 0.0642. The van der Waals surface area contributed by atoms with E-state index in [-0.39, 0.29) is 63.0 Å². The Morgan fingerprint density at radius 2 is 0.896 bits per heavy atom. The van der Waals surface area contributed by atoms with Gasteiger partial charge < -0.3 is 133 Å². The van der Waals surface area contributed by atoms with Gasteiger partial charge in [0.1, 0.15) is 84.5 Å². The number of phenolic OH excluding ortho intramolecular Hbond substituents is 2.